The van der Waals surface area contributed by atoms with Gasteiger partial charge in [0.2, 0.25) is 0 Å². The average molecular weight is 205 g/mol. The van der Waals surface area contributed by atoms with E-state index in [-0.39, 0.29) is 12.0 Å². The van der Waals surface area contributed by atoms with Crippen LogP contribution in [0.2, 0.25) is 0 Å². The van der Waals surface area contributed by atoms with E-state index in [1.165, 1.54) is 18.2 Å². The third-order valence-electron chi connectivity index (χ3n) is 2.19. The fourth-order valence-electron chi connectivity index (χ4n) is 1.36. The van der Waals surface area contributed by atoms with Gasteiger partial charge in [-0.25, -0.2) is 4.39 Å². The molecule has 1 aromatic rings. The number of alkyl halides is 1. The number of hydrogen-bond donors (Lipinski definition) is 0. The lowest BCUT2D eigenvalue weighted by Gasteiger charge is -2.15. The number of halogens is 1. The summed E-state index contributed by atoms with van der Waals surface area (Å²) in [4.78, 5) is 11.5. The highest BCUT2D eigenvalue weighted by Crippen LogP contribution is 2.27. The highest BCUT2D eigenvalue weighted by molar-refractivity contribution is 5.91. The van der Waals surface area contributed by atoms with Crippen LogP contribution in [-0.2, 0) is 10.5 Å². The summed E-state index contributed by atoms with van der Waals surface area (Å²) in [6.07, 6.45) is 0.623. The Morgan fingerprint density at radius 2 is 2.07 bits per heavy atom. The van der Waals surface area contributed by atoms with E-state index in [2.05, 4.69) is 0 Å². The van der Waals surface area contributed by atoms with Gasteiger partial charge in [0.15, 0.2) is 5.78 Å². The van der Waals surface area contributed by atoms with Gasteiger partial charge in [-0.2, -0.15) is 5.26 Å². The second-order valence-corrected chi connectivity index (χ2v) is 3.31. The Labute approximate surface area is 88.3 Å². The normalized spacial score (nSPS) is 13.9. The zero-order valence-corrected chi connectivity index (χ0v) is 8.53. The summed E-state index contributed by atoms with van der Waals surface area (Å²) in [6, 6.07) is 9.31. The molecular weight excluding hydrogens is 193 g/mol. The van der Waals surface area contributed by atoms with E-state index in [4.69, 9.17) is 5.26 Å². The summed E-state index contributed by atoms with van der Waals surface area (Å²) in [6.45, 7) is 1.78. The van der Waals surface area contributed by atoms with Crippen molar-refractivity contribution in [1.29, 1.82) is 5.26 Å². The van der Waals surface area contributed by atoms with Gasteiger partial charge in [0.1, 0.15) is 6.07 Å². The molecule has 0 radical (unpaired) electrons. The lowest BCUT2D eigenvalue weighted by molar-refractivity contribution is -0.127. The molecule has 0 fully saturated rings. The maximum Gasteiger partial charge on any atom is 0.278 e. The van der Waals surface area contributed by atoms with Crippen molar-refractivity contribution in [2.24, 2.45) is 0 Å². The first-order chi connectivity index (χ1) is 7.15. The van der Waals surface area contributed by atoms with Crippen molar-refractivity contribution in [3.05, 3.63) is 35.9 Å². The smallest absolute Gasteiger partial charge is 0.278 e. The van der Waals surface area contributed by atoms with Gasteiger partial charge in [-0.3, -0.25) is 4.79 Å². The first kappa shape index (κ1) is 11.4. The van der Waals surface area contributed by atoms with E-state index in [9.17, 15) is 9.18 Å². The summed E-state index contributed by atoms with van der Waals surface area (Å²) in [7, 11) is 0. The molecule has 0 aromatic heterocycles. The van der Waals surface area contributed by atoms with Gasteiger partial charge >= 0.3 is 0 Å². The summed E-state index contributed by atoms with van der Waals surface area (Å²) >= 11 is 0. The molecule has 2 nitrogen and oxygen atoms in total. The van der Waals surface area contributed by atoms with Gasteiger partial charge in [0.25, 0.3) is 5.67 Å². The molecule has 3 heteroatoms. The van der Waals surface area contributed by atoms with Crippen molar-refractivity contribution in [2.75, 3.05) is 0 Å². The first-order valence-corrected chi connectivity index (χ1v) is 4.84. The van der Waals surface area contributed by atoms with Gasteiger partial charge in [-0.05, 0) is 6.42 Å². The van der Waals surface area contributed by atoms with E-state index in [1.54, 1.807) is 25.1 Å². The molecule has 1 atom stereocenters. The number of carbonyl (C=O) groups excluding carboxylic acids is 1. The van der Waals surface area contributed by atoms with Gasteiger partial charge in [0, 0.05) is 12.0 Å². The number of ketones is 1. The Morgan fingerprint density at radius 1 is 1.47 bits per heavy atom. The third kappa shape index (κ3) is 2.21. The predicted octanol–water partition coefficient (Wildman–Crippen LogP) is 2.74. The Balaban J connectivity index is 3.07. The van der Waals surface area contributed by atoms with Crippen LogP contribution in [0, 0.1) is 11.3 Å². The van der Waals surface area contributed by atoms with Crippen LogP contribution in [0.5, 0.6) is 0 Å². The monoisotopic (exact) mass is 205 g/mol. The molecule has 0 N–H and O–H groups in total. The summed E-state index contributed by atoms with van der Waals surface area (Å²) in [5.41, 5.74) is -2.37. The molecule has 1 aromatic carbocycles. The van der Waals surface area contributed by atoms with Crippen LogP contribution < -0.4 is 0 Å². The molecule has 78 valence electrons. The van der Waals surface area contributed by atoms with Crippen molar-refractivity contribution in [2.45, 2.75) is 25.4 Å². The minimum Gasteiger partial charge on any atom is -0.294 e. The number of rotatable bonds is 4. The standard InChI is InChI=1S/C12H12FNO/c1-2-6-11(15)12(13,9-14)10-7-4-3-5-8-10/h3-5,7-8H,2,6H2,1H3. The fourth-order valence-corrected chi connectivity index (χ4v) is 1.36. The van der Waals surface area contributed by atoms with Crippen molar-refractivity contribution in [1.82, 2.24) is 0 Å². The highest BCUT2D eigenvalue weighted by atomic mass is 19.1. The van der Waals surface area contributed by atoms with Gasteiger partial charge in [-0.1, -0.05) is 37.3 Å². The quantitative estimate of drug-likeness (QED) is 0.758. The molecule has 15 heavy (non-hydrogen) atoms. The minimum absolute atomic E-state index is 0.0823. The van der Waals surface area contributed by atoms with E-state index >= 15 is 0 Å². The number of nitrogens with zero attached hydrogens (tertiary/aromatic N) is 1. The van der Waals surface area contributed by atoms with Crippen LogP contribution in [0.25, 0.3) is 0 Å². The largest absolute Gasteiger partial charge is 0.294 e. The van der Waals surface area contributed by atoms with Crippen LogP contribution in [0.3, 0.4) is 0 Å². The number of Topliss-reactive ketones (excluding diaryl/α,β-unsaturated/α-hetero) is 1. The Hall–Kier alpha value is -1.69. The molecule has 0 amide bonds. The molecule has 0 saturated heterocycles. The molecule has 0 heterocycles. The predicted molar refractivity (Wildman–Crippen MR) is 54.8 cm³/mol. The van der Waals surface area contributed by atoms with Crippen molar-refractivity contribution < 1.29 is 9.18 Å². The molecular formula is C12H12FNO. The van der Waals surface area contributed by atoms with Gasteiger partial charge in [0.05, 0.1) is 0 Å². The fraction of sp³-hybridized carbons (Fsp3) is 0.333. The van der Waals surface area contributed by atoms with E-state index < -0.39 is 11.5 Å². The lowest BCUT2D eigenvalue weighted by atomic mass is 9.90. The van der Waals surface area contributed by atoms with Crippen molar-refractivity contribution in [3.8, 4) is 6.07 Å². The number of hydrogen-bond acceptors (Lipinski definition) is 2. The Kier molecular flexibility index (Phi) is 3.56. The first-order valence-electron chi connectivity index (χ1n) is 4.84. The van der Waals surface area contributed by atoms with Crippen LogP contribution in [0.15, 0.2) is 30.3 Å². The number of nitriles is 1. The molecule has 1 rings (SSSR count). The van der Waals surface area contributed by atoms with Crippen LogP contribution >= 0.6 is 0 Å². The summed E-state index contributed by atoms with van der Waals surface area (Å²) < 4.78 is 14.1. The minimum atomic E-state index is -2.49. The van der Waals surface area contributed by atoms with Crippen LogP contribution in [0.4, 0.5) is 4.39 Å². The summed E-state index contributed by atoms with van der Waals surface area (Å²) in [5.74, 6) is -0.668. The van der Waals surface area contributed by atoms with Crippen molar-refractivity contribution >= 4 is 5.78 Å². The van der Waals surface area contributed by atoms with Crippen molar-refractivity contribution in [3.63, 3.8) is 0 Å². The SMILES string of the molecule is CCCC(=O)C(F)(C#N)c1ccccc1. The molecule has 0 aliphatic rings. The molecule has 0 spiro atoms. The zero-order valence-electron chi connectivity index (χ0n) is 8.53. The molecule has 0 bridgehead atoms. The topological polar surface area (TPSA) is 40.9 Å². The Morgan fingerprint density at radius 3 is 2.53 bits per heavy atom. The average Bonchev–Trinajstić information content (AvgIpc) is 2.29. The molecule has 0 saturated carbocycles. The second kappa shape index (κ2) is 4.70. The van der Waals surface area contributed by atoms with E-state index in [0.29, 0.717) is 6.42 Å². The van der Waals surface area contributed by atoms with E-state index in [0.717, 1.165) is 0 Å². The zero-order chi connectivity index (χ0) is 11.3. The maximum atomic E-state index is 14.1. The second-order valence-electron chi connectivity index (χ2n) is 3.31. The number of carbonyl (C=O) groups is 1. The highest BCUT2D eigenvalue weighted by Gasteiger charge is 2.39. The molecule has 1 unspecified atom stereocenters. The van der Waals surface area contributed by atoms with Gasteiger partial charge in [-0.15, -0.1) is 0 Å². The van der Waals surface area contributed by atoms with E-state index in [1.807, 2.05) is 0 Å². The Bertz CT molecular complexity index is 382. The maximum absolute atomic E-state index is 14.1. The molecule has 0 aliphatic heterocycles. The van der Waals surface area contributed by atoms with Crippen LogP contribution in [-0.4, -0.2) is 5.78 Å². The molecule has 0 aliphatic carbocycles. The summed E-state index contributed by atoms with van der Waals surface area (Å²) in [5, 5.41) is 8.79. The third-order valence-corrected chi connectivity index (χ3v) is 2.19. The number of benzene rings is 1. The lowest BCUT2D eigenvalue weighted by Crippen LogP contribution is -2.29. The van der Waals surface area contributed by atoms with Gasteiger partial charge < -0.3 is 0 Å². The van der Waals surface area contributed by atoms with Crippen LogP contribution in [0.1, 0.15) is 25.3 Å².